The van der Waals surface area contributed by atoms with Crippen LogP contribution in [0.1, 0.15) is 12.5 Å². The van der Waals surface area contributed by atoms with E-state index in [2.05, 4.69) is 29.9 Å². The summed E-state index contributed by atoms with van der Waals surface area (Å²) in [4.78, 5) is 55.2. The van der Waals surface area contributed by atoms with Crippen LogP contribution < -0.4 is 17.0 Å². The van der Waals surface area contributed by atoms with Crippen molar-refractivity contribution in [2.24, 2.45) is 0 Å². The molecule has 45 heavy (non-hydrogen) atoms. The molecule has 3 aliphatic rings. The minimum atomic E-state index is -5.23. The molecule has 7 rings (SSSR count). The average Bonchev–Trinajstić information content (AvgIpc) is 3.72. The van der Waals surface area contributed by atoms with Crippen LogP contribution in [0.3, 0.4) is 0 Å². The predicted octanol–water partition coefficient (Wildman–Crippen LogP) is -0.387. The fraction of sp³-hybridized carbons (Fsp3) is 0.500. The van der Waals surface area contributed by atoms with Gasteiger partial charge in [0.2, 0.25) is 5.95 Å². The number of H-pyrrole nitrogens is 1. The fourth-order valence-corrected chi connectivity index (χ4v) is 7.11. The van der Waals surface area contributed by atoms with Crippen molar-refractivity contribution < 1.29 is 55.3 Å². The number of anilines is 2. The molecular weight excluding hydrogens is 656 g/mol. The van der Waals surface area contributed by atoms with Crippen molar-refractivity contribution in [1.82, 2.24) is 39.0 Å². The van der Waals surface area contributed by atoms with Gasteiger partial charge in [0.15, 0.2) is 47.4 Å². The number of phosphoric acid groups is 2. The number of halogens is 2. The molecule has 0 spiro atoms. The summed E-state index contributed by atoms with van der Waals surface area (Å²) in [6, 6.07) is 0. The lowest BCUT2D eigenvalue weighted by Gasteiger charge is -2.25. The standard InChI is InChI=1S/C20H22F2N10O11P2/c21-8-6-1-38-44(34,35)42-12-7(41-18(9(12)22)31-4-27-10-14(23)25-3-26-15(10)31)2-39-45(36,37)43-13(8)19(40-6)32-5-28-11-16(32)29-20(24)30-17(11)33/h3-9,12-13,18-19H,1-2H2,(H,34,35)(H,36,37)(H2,23,25,26)(H3,24,29,30,33)/t6?,7-,8-,9-,12-,13-,18-,19-/m1/s1. The zero-order valence-electron chi connectivity index (χ0n) is 22.3. The van der Waals surface area contributed by atoms with Gasteiger partial charge in [0.05, 0.1) is 25.9 Å². The summed E-state index contributed by atoms with van der Waals surface area (Å²) >= 11 is 0. The number of ether oxygens (including phenoxy) is 2. The summed E-state index contributed by atoms with van der Waals surface area (Å²) in [5, 5.41) is 0. The number of imidazole rings is 2. The third-order valence-corrected chi connectivity index (χ3v) is 9.20. The summed E-state index contributed by atoms with van der Waals surface area (Å²) in [7, 11) is -10.4. The largest absolute Gasteiger partial charge is 0.472 e. The molecule has 25 heteroatoms. The van der Waals surface area contributed by atoms with E-state index in [4.69, 9.17) is 39.0 Å². The maximum absolute atomic E-state index is 15.9. The van der Waals surface area contributed by atoms with Gasteiger partial charge in [-0.15, -0.1) is 0 Å². The first-order valence-electron chi connectivity index (χ1n) is 12.9. The Morgan fingerprint density at radius 3 is 2.20 bits per heavy atom. The Morgan fingerprint density at radius 2 is 1.47 bits per heavy atom. The third kappa shape index (κ3) is 5.29. The van der Waals surface area contributed by atoms with Crippen LogP contribution in [-0.2, 0) is 36.7 Å². The number of aromatic nitrogens is 8. The van der Waals surface area contributed by atoms with Gasteiger partial charge in [0.1, 0.15) is 36.3 Å². The van der Waals surface area contributed by atoms with Crippen LogP contribution in [-0.4, -0.2) is 98.8 Å². The molecule has 0 aliphatic carbocycles. The molecule has 3 fully saturated rings. The van der Waals surface area contributed by atoms with Crippen LogP contribution in [0.25, 0.3) is 22.3 Å². The molecule has 21 nitrogen and oxygen atoms in total. The van der Waals surface area contributed by atoms with Gasteiger partial charge in [-0.3, -0.25) is 37.0 Å². The van der Waals surface area contributed by atoms with E-state index in [1.807, 2.05) is 0 Å². The van der Waals surface area contributed by atoms with Crippen molar-refractivity contribution in [1.29, 1.82) is 0 Å². The van der Waals surface area contributed by atoms with E-state index in [1.54, 1.807) is 0 Å². The molecule has 7 N–H and O–H groups in total. The Morgan fingerprint density at radius 1 is 0.844 bits per heavy atom. The quantitative estimate of drug-likeness (QED) is 0.169. The SMILES string of the molecule is Nc1nc2c(ncn2[C@@H]2OC3COP(=O)(O)O[C@H]4[C@@H](F)[C@H](n5cnc6c(N)ncnc65)O[C@@H]4COP(=O)(O)O[C@@H]2[C@@H]3F)c(=O)[nH]1. The molecule has 3 aliphatic heterocycles. The molecule has 0 amide bonds. The van der Waals surface area contributed by atoms with Gasteiger partial charge in [0, 0.05) is 0 Å². The first-order chi connectivity index (χ1) is 21.3. The number of alkyl halides is 2. The summed E-state index contributed by atoms with van der Waals surface area (Å²) < 4.78 is 91.3. The van der Waals surface area contributed by atoms with E-state index >= 15 is 8.78 Å². The minimum absolute atomic E-state index is 0.0167. The summed E-state index contributed by atoms with van der Waals surface area (Å²) in [6.07, 6.45) is -11.8. The third-order valence-electron chi connectivity index (χ3n) is 7.23. The van der Waals surface area contributed by atoms with E-state index in [9.17, 15) is 23.7 Å². The fourth-order valence-electron chi connectivity index (χ4n) is 5.23. The van der Waals surface area contributed by atoms with E-state index in [1.165, 1.54) is 0 Å². The topological polar surface area (TPSA) is 289 Å². The molecule has 242 valence electrons. The molecule has 3 unspecified atom stereocenters. The summed E-state index contributed by atoms with van der Waals surface area (Å²) in [5.74, 6) is -0.342. The molecule has 3 saturated heterocycles. The van der Waals surface area contributed by atoms with Gasteiger partial charge in [-0.05, 0) is 0 Å². The Hall–Kier alpha value is -3.50. The van der Waals surface area contributed by atoms with Crippen molar-refractivity contribution in [3.8, 4) is 0 Å². The summed E-state index contributed by atoms with van der Waals surface area (Å²) in [5.41, 5.74) is 10.4. The second-order valence-corrected chi connectivity index (χ2v) is 12.9. The number of nitrogen functional groups attached to an aromatic ring is 2. The number of hydrogen-bond acceptors (Lipinski definition) is 16. The van der Waals surface area contributed by atoms with E-state index in [-0.39, 0.29) is 34.1 Å². The molecule has 7 heterocycles. The first-order valence-corrected chi connectivity index (χ1v) is 15.9. The van der Waals surface area contributed by atoms with Crippen molar-refractivity contribution in [3.63, 3.8) is 0 Å². The zero-order valence-corrected chi connectivity index (χ0v) is 24.1. The van der Waals surface area contributed by atoms with Gasteiger partial charge < -0.3 is 30.7 Å². The first kappa shape index (κ1) is 30.2. The van der Waals surface area contributed by atoms with Crippen LogP contribution in [0.4, 0.5) is 20.5 Å². The number of rotatable bonds is 2. The second kappa shape index (κ2) is 10.8. The van der Waals surface area contributed by atoms with Crippen LogP contribution in [0.15, 0.2) is 23.8 Å². The highest BCUT2D eigenvalue weighted by molar-refractivity contribution is 7.47. The monoisotopic (exact) mass is 678 g/mol. The Balaban J connectivity index is 1.21. The van der Waals surface area contributed by atoms with Crippen LogP contribution >= 0.6 is 15.6 Å². The van der Waals surface area contributed by atoms with E-state index in [0.717, 1.165) is 28.1 Å². The second-order valence-electron chi connectivity index (χ2n) is 10.0. The van der Waals surface area contributed by atoms with E-state index < -0.39 is 83.6 Å². The predicted molar refractivity (Wildman–Crippen MR) is 141 cm³/mol. The zero-order chi connectivity index (χ0) is 31.8. The Kier molecular flexibility index (Phi) is 7.24. The van der Waals surface area contributed by atoms with Gasteiger partial charge in [-0.25, -0.2) is 37.8 Å². The van der Waals surface area contributed by atoms with Crippen LogP contribution in [0.5, 0.6) is 0 Å². The van der Waals surface area contributed by atoms with Crippen molar-refractivity contribution in [2.45, 2.75) is 49.2 Å². The van der Waals surface area contributed by atoms with Crippen LogP contribution in [0, 0.1) is 0 Å². The number of hydrogen-bond donors (Lipinski definition) is 5. The number of phosphoric ester groups is 2. The smallest absolute Gasteiger partial charge is 0.382 e. The molecule has 0 aromatic carbocycles. The number of nitrogens with one attached hydrogen (secondary N) is 1. The lowest BCUT2D eigenvalue weighted by atomic mass is 10.1. The van der Waals surface area contributed by atoms with Crippen molar-refractivity contribution >= 4 is 49.7 Å². The van der Waals surface area contributed by atoms with Gasteiger partial charge in [-0.2, -0.15) is 4.98 Å². The molecular formula is C20H22F2N10O11P2. The van der Waals surface area contributed by atoms with Crippen molar-refractivity contribution in [2.75, 3.05) is 24.7 Å². The van der Waals surface area contributed by atoms with Gasteiger partial charge in [-0.1, -0.05) is 0 Å². The molecule has 0 radical (unpaired) electrons. The van der Waals surface area contributed by atoms with Gasteiger partial charge >= 0.3 is 15.6 Å². The molecule has 4 aromatic heterocycles. The minimum Gasteiger partial charge on any atom is -0.382 e. The number of fused-ring (bicyclic) bond motifs is 5. The Labute approximate surface area is 247 Å². The number of nitrogens with two attached hydrogens (primary N) is 2. The Bertz CT molecular complexity index is 1940. The lowest BCUT2D eigenvalue weighted by molar-refractivity contribution is -0.0669. The summed E-state index contributed by atoms with van der Waals surface area (Å²) in [6.45, 7) is -1.94. The van der Waals surface area contributed by atoms with Crippen molar-refractivity contribution in [3.05, 3.63) is 29.3 Å². The highest BCUT2D eigenvalue weighted by atomic mass is 31.2. The lowest BCUT2D eigenvalue weighted by Crippen LogP contribution is -2.34. The molecule has 0 saturated carbocycles. The van der Waals surface area contributed by atoms with Crippen LogP contribution in [0.2, 0.25) is 0 Å². The normalized spacial score (nSPS) is 37.7. The maximum Gasteiger partial charge on any atom is 0.472 e. The molecule has 10 atom stereocenters. The average molecular weight is 678 g/mol. The highest BCUT2D eigenvalue weighted by Crippen LogP contribution is 2.54. The molecule has 2 bridgehead atoms. The maximum atomic E-state index is 15.9. The van der Waals surface area contributed by atoms with Gasteiger partial charge in [0.25, 0.3) is 5.56 Å². The van der Waals surface area contributed by atoms with E-state index in [0.29, 0.717) is 0 Å². The molecule has 4 aromatic rings. The highest BCUT2D eigenvalue weighted by Gasteiger charge is 2.55. The number of aromatic amines is 1. The number of nitrogens with zero attached hydrogens (tertiary/aromatic N) is 7.